The molecular weight excluding hydrogens is 182 g/mol. The quantitative estimate of drug-likeness (QED) is 0.399. The molecule has 0 radical (unpaired) electrons. The minimum absolute atomic E-state index is 0.0271. The van der Waals surface area contributed by atoms with Gasteiger partial charge in [0, 0.05) is 6.21 Å². The molecule has 0 heterocycles. The smallest absolute Gasteiger partial charge is 0.354 e. The van der Waals surface area contributed by atoms with Gasteiger partial charge in [-0.15, -0.1) is 0 Å². The van der Waals surface area contributed by atoms with Gasteiger partial charge in [0.2, 0.25) is 0 Å². The highest BCUT2D eigenvalue weighted by atomic mass is 16.5. The second kappa shape index (κ2) is 6.66. The van der Waals surface area contributed by atoms with Crippen LogP contribution in [0.1, 0.15) is 13.8 Å². The number of ether oxygens (including phenoxy) is 1. The van der Waals surface area contributed by atoms with E-state index < -0.39 is 12.0 Å². The van der Waals surface area contributed by atoms with E-state index in [0.717, 1.165) is 0 Å². The zero-order valence-corrected chi connectivity index (χ0v) is 8.23. The van der Waals surface area contributed by atoms with Gasteiger partial charge >= 0.3 is 5.97 Å². The summed E-state index contributed by atoms with van der Waals surface area (Å²) in [4.78, 5) is 14.7. The second-order valence-electron chi connectivity index (χ2n) is 2.45. The number of aliphatic imine (C=N–C) groups is 1. The summed E-state index contributed by atoms with van der Waals surface area (Å²) in [5.74, 6) is -0.580. The van der Waals surface area contributed by atoms with E-state index in [1.807, 2.05) is 6.07 Å². The van der Waals surface area contributed by atoms with Gasteiger partial charge in [-0.3, -0.25) is 4.99 Å². The molecule has 0 aromatic carbocycles. The van der Waals surface area contributed by atoms with Gasteiger partial charge in [0.1, 0.15) is 11.7 Å². The Bertz CT molecular complexity index is 289. The van der Waals surface area contributed by atoms with E-state index in [1.54, 1.807) is 13.8 Å². The number of hydrogen-bond acceptors (Lipinski definition) is 5. The maximum absolute atomic E-state index is 10.9. The number of rotatable bonds is 4. The van der Waals surface area contributed by atoms with E-state index in [2.05, 4.69) is 9.73 Å². The Balaban J connectivity index is 4.19. The number of nitrogens with zero attached hydrogens (tertiary/aromatic N) is 2. The van der Waals surface area contributed by atoms with E-state index >= 15 is 0 Å². The van der Waals surface area contributed by atoms with Crippen LogP contribution in [-0.4, -0.2) is 24.8 Å². The number of carbonyl (C=O) groups is 1. The molecule has 2 N–H and O–H groups in total. The molecule has 1 unspecified atom stereocenters. The van der Waals surface area contributed by atoms with Gasteiger partial charge < -0.3 is 10.5 Å². The molecule has 0 aliphatic carbocycles. The predicted molar refractivity (Wildman–Crippen MR) is 52.5 cm³/mol. The van der Waals surface area contributed by atoms with Gasteiger partial charge in [-0.25, -0.2) is 4.79 Å². The first kappa shape index (κ1) is 12.2. The summed E-state index contributed by atoms with van der Waals surface area (Å²) in [5, 5.41) is 8.39. The zero-order valence-electron chi connectivity index (χ0n) is 8.23. The fourth-order valence-electron chi connectivity index (χ4n) is 0.568. The van der Waals surface area contributed by atoms with Gasteiger partial charge in [0.25, 0.3) is 0 Å². The van der Waals surface area contributed by atoms with Crippen molar-refractivity contribution in [2.75, 3.05) is 6.61 Å². The van der Waals surface area contributed by atoms with Crippen molar-refractivity contribution < 1.29 is 9.53 Å². The van der Waals surface area contributed by atoms with E-state index in [9.17, 15) is 4.79 Å². The highest BCUT2D eigenvalue weighted by Gasteiger charge is 2.03. The average Bonchev–Trinajstić information content (AvgIpc) is 2.17. The van der Waals surface area contributed by atoms with Crippen LogP contribution in [0.4, 0.5) is 0 Å². The number of esters is 1. The maximum atomic E-state index is 10.9. The number of nitriles is 1. The normalized spacial score (nSPS) is 13.6. The molecule has 0 amide bonds. The Kier molecular flexibility index (Phi) is 5.79. The Morgan fingerprint density at radius 2 is 2.43 bits per heavy atom. The van der Waals surface area contributed by atoms with Crippen molar-refractivity contribution in [2.45, 2.75) is 19.9 Å². The number of hydrogen-bond donors (Lipinski definition) is 1. The van der Waals surface area contributed by atoms with Crippen LogP contribution < -0.4 is 5.73 Å². The first-order valence-electron chi connectivity index (χ1n) is 4.17. The van der Waals surface area contributed by atoms with E-state index in [1.165, 1.54) is 12.3 Å². The minimum atomic E-state index is -0.580. The van der Waals surface area contributed by atoms with Crippen LogP contribution in [-0.2, 0) is 9.53 Å². The van der Waals surface area contributed by atoms with E-state index in [0.29, 0.717) is 0 Å². The molecule has 0 aromatic heterocycles. The highest BCUT2D eigenvalue weighted by Crippen LogP contribution is 1.89. The van der Waals surface area contributed by atoms with Gasteiger partial charge in [-0.1, -0.05) is 0 Å². The number of carbonyl (C=O) groups excluding carboxylic acids is 1. The average molecular weight is 195 g/mol. The fraction of sp³-hybridized carbons (Fsp3) is 0.444. The third-order valence-electron chi connectivity index (χ3n) is 1.26. The summed E-state index contributed by atoms with van der Waals surface area (Å²) in [5.41, 5.74) is 5.32. The van der Waals surface area contributed by atoms with Crippen molar-refractivity contribution >= 4 is 12.2 Å². The molecular formula is C9H13N3O2. The molecule has 0 rings (SSSR count). The predicted octanol–water partition coefficient (Wildman–Crippen LogP) is 0.375. The van der Waals surface area contributed by atoms with Gasteiger partial charge in [0.05, 0.1) is 12.7 Å². The topological polar surface area (TPSA) is 88.5 Å². The summed E-state index contributed by atoms with van der Waals surface area (Å²) in [7, 11) is 0. The summed E-state index contributed by atoms with van der Waals surface area (Å²) < 4.78 is 4.63. The van der Waals surface area contributed by atoms with Crippen LogP contribution in [0, 0.1) is 11.3 Å². The highest BCUT2D eigenvalue weighted by molar-refractivity contribution is 5.92. The Morgan fingerprint density at radius 1 is 1.79 bits per heavy atom. The lowest BCUT2D eigenvalue weighted by Gasteiger charge is -1.99. The molecule has 5 nitrogen and oxygen atoms in total. The maximum Gasteiger partial charge on any atom is 0.354 e. The molecule has 0 bridgehead atoms. The monoisotopic (exact) mass is 195 g/mol. The second-order valence-corrected chi connectivity index (χ2v) is 2.45. The number of nitrogens with two attached hydrogens (primary N) is 1. The van der Waals surface area contributed by atoms with Crippen LogP contribution in [0.5, 0.6) is 0 Å². The van der Waals surface area contributed by atoms with Crippen LogP contribution in [0.2, 0.25) is 0 Å². The summed E-state index contributed by atoms with van der Waals surface area (Å²) in [6.07, 6.45) is 2.63. The van der Waals surface area contributed by atoms with Crippen molar-refractivity contribution in [3.63, 3.8) is 0 Å². The Morgan fingerprint density at radius 3 is 2.93 bits per heavy atom. The third kappa shape index (κ3) is 4.93. The van der Waals surface area contributed by atoms with Crippen molar-refractivity contribution in [3.05, 3.63) is 11.8 Å². The zero-order chi connectivity index (χ0) is 11.0. The first-order chi connectivity index (χ1) is 6.61. The molecule has 0 saturated carbocycles. The van der Waals surface area contributed by atoms with Crippen molar-refractivity contribution in [1.29, 1.82) is 5.26 Å². The summed E-state index contributed by atoms with van der Waals surface area (Å²) >= 11 is 0. The summed E-state index contributed by atoms with van der Waals surface area (Å²) in [6.45, 7) is 3.60. The molecule has 5 heteroatoms. The van der Waals surface area contributed by atoms with Crippen LogP contribution >= 0.6 is 0 Å². The first-order valence-corrected chi connectivity index (χ1v) is 4.17. The van der Waals surface area contributed by atoms with Gasteiger partial charge in [-0.2, -0.15) is 5.26 Å². The minimum Gasteiger partial charge on any atom is -0.461 e. The fourth-order valence-corrected chi connectivity index (χ4v) is 0.568. The molecule has 76 valence electrons. The number of allylic oxidation sites excluding steroid dienone is 1. The standard InChI is InChI=1S/C9H13N3O2/c1-3-14-9(13)8(11)4-5-12-7(2)6-10/h4-5,7H,3,11H2,1-2H3/b8-4-,12-5?. The lowest BCUT2D eigenvalue weighted by Crippen LogP contribution is -2.14. The molecule has 14 heavy (non-hydrogen) atoms. The molecule has 1 atom stereocenters. The molecule has 0 aliphatic heterocycles. The lowest BCUT2D eigenvalue weighted by atomic mass is 10.4. The molecule has 0 spiro atoms. The molecule has 0 saturated heterocycles. The van der Waals surface area contributed by atoms with Crippen LogP contribution in [0.3, 0.4) is 0 Å². The van der Waals surface area contributed by atoms with Crippen LogP contribution in [0.15, 0.2) is 16.8 Å². The largest absolute Gasteiger partial charge is 0.461 e. The van der Waals surface area contributed by atoms with Gasteiger partial charge in [-0.05, 0) is 19.9 Å². The molecule has 0 aromatic rings. The van der Waals surface area contributed by atoms with Gasteiger partial charge in [0.15, 0.2) is 0 Å². The van der Waals surface area contributed by atoms with Crippen LogP contribution in [0.25, 0.3) is 0 Å². The third-order valence-corrected chi connectivity index (χ3v) is 1.26. The van der Waals surface area contributed by atoms with E-state index in [-0.39, 0.29) is 12.3 Å². The Hall–Kier alpha value is -1.83. The summed E-state index contributed by atoms with van der Waals surface area (Å²) in [6, 6.07) is 1.47. The van der Waals surface area contributed by atoms with Crippen molar-refractivity contribution in [1.82, 2.24) is 0 Å². The molecule has 0 aliphatic rings. The van der Waals surface area contributed by atoms with Crippen molar-refractivity contribution in [3.8, 4) is 6.07 Å². The lowest BCUT2D eigenvalue weighted by molar-refractivity contribution is -0.138. The molecule has 0 fully saturated rings. The van der Waals surface area contributed by atoms with Crippen molar-refractivity contribution in [2.24, 2.45) is 10.7 Å². The Labute approximate surface area is 82.9 Å². The van der Waals surface area contributed by atoms with E-state index in [4.69, 9.17) is 11.0 Å². The SMILES string of the molecule is CCOC(=O)/C(N)=C/C=NC(C)C#N.